The lowest BCUT2D eigenvalue weighted by Gasteiger charge is -2.10. The van der Waals surface area contributed by atoms with E-state index < -0.39 is 0 Å². The smallest absolute Gasteiger partial charge is 0.272 e. The van der Waals surface area contributed by atoms with E-state index in [4.69, 9.17) is 0 Å². The van der Waals surface area contributed by atoms with Gasteiger partial charge in [-0.1, -0.05) is 43.2 Å². The van der Waals surface area contributed by atoms with Gasteiger partial charge in [-0.05, 0) is 64.9 Å². The van der Waals surface area contributed by atoms with E-state index in [1.165, 1.54) is 19.3 Å². The van der Waals surface area contributed by atoms with Gasteiger partial charge in [-0.2, -0.15) is 5.10 Å². The van der Waals surface area contributed by atoms with Crippen molar-refractivity contribution >= 4 is 27.5 Å². The molecule has 1 aliphatic rings. The first kappa shape index (κ1) is 18.6. The van der Waals surface area contributed by atoms with Gasteiger partial charge in [-0.25, -0.2) is 5.10 Å². The van der Waals surface area contributed by atoms with Gasteiger partial charge in [-0.15, -0.1) is 0 Å². The lowest BCUT2D eigenvalue weighted by atomic mass is 9.95. The molecule has 1 amide bonds. The highest BCUT2D eigenvalue weighted by Gasteiger charge is 2.20. The molecule has 1 aromatic heterocycles. The first-order valence-electron chi connectivity index (χ1n) is 10.5. The summed E-state index contributed by atoms with van der Waals surface area (Å²) in [5.41, 5.74) is 2.56. The molecular formula is C25H23N3O2. The maximum absolute atomic E-state index is 12.5. The Balaban J connectivity index is 1.42. The number of aromatic nitrogens is 2. The fourth-order valence-electron chi connectivity index (χ4n) is 4.04. The number of amides is 1. The maximum Gasteiger partial charge on any atom is 0.272 e. The van der Waals surface area contributed by atoms with Crippen LogP contribution >= 0.6 is 0 Å². The highest BCUT2D eigenvalue weighted by atomic mass is 16.1. The van der Waals surface area contributed by atoms with Crippen LogP contribution in [-0.2, 0) is 0 Å². The predicted molar refractivity (Wildman–Crippen MR) is 120 cm³/mol. The summed E-state index contributed by atoms with van der Waals surface area (Å²) < 4.78 is 0. The molecule has 0 spiro atoms. The van der Waals surface area contributed by atoms with Gasteiger partial charge in [0.15, 0.2) is 0 Å². The van der Waals surface area contributed by atoms with Crippen molar-refractivity contribution in [1.82, 2.24) is 15.5 Å². The molecule has 0 aliphatic heterocycles. The van der Waals surface area contributed by atoms with Crippen molar-refractivity contribution in [2.45, 2.75) is 25.7 Å². The molecule has 1 saturated carbocycles. The summed E-state index contributed by atoms with van der Waals surface area (Å²) in [4.78, 5) is 24.4. The number of nitrogens with one attached hydrogen (secondary N) is 2. The summed E-state index contributed by atoms with van der Waals surface area (Å²) >= 11 is 0. The molecule has 1 aliphatic carbocycles. The van der Waals surface area contributed by atoms with Crippen molar-refractivity contribution in [3.05, 3.63) is 76.7 Å². The van der Waals surface area contributed by atoms with Crippen LogP contribution < -0.4 is 10.9 Å². The van der Waals surface area contributed by atoms with Gasteiger partial charge in [-0.3, -0.25) is 9.59 Å². The van der Waals surface area contributed by atoms with Gasteiger partial charge < -0.3 is 5.32 Å². The van der Waals surface area contributed by atoms with Crippen LogP contribution in [0.5, 0.6) is 0 Å². The number of benzene rings is 3. The second kappa shape index (κ2) is 7.75. The topological polar surface area (TPSA) is 74.8 Å². The Labute approximate surface area is 174 Å². The van der Waals surface area contributed by atoms with Gasteiger partial charge in [0, 0.05) is 17.5 Å². The Bertz CT molecular complexity index is 1300. The van der Waals surface area contributed by atoms with Crippen LogP contribution in [0.1, 0.15) is 36.0 Å². The van der Waals surface area contributed by atoms with E-state index >= 15 is 0 Å². The van der Waals surface area contributed by atoms with E-state index in [1.807, 2.05) is 48.5 Å². The van der Waals surface area contributed by atoms with E-state index in [0.717, 1.165) is 46.2 Å². The SMILES string of the molecule is O=C(NCCCC1CC1)c1ccc2c(-c3ccc4c(=O)[nH]ncc4c3)cccc2c1. The van der Waals surface area contributed by atoms with Crippen molar-refractivity contribution in [2.75, 3.05) is 6.54 Å². The normalized spacial score (nSPS) is 13.6. The van der Waals surface area contributed by atoms with Crippen LogP contribution in [-0.4, -0.2) is 22.6 Å². The Kier molecular flexibility index (Phi) is 4.79. The number of carbonyl (C=O) groups is 1. The van der Waals surface area contributed by atoms with Crippen molar-refractivity contribution in [2.24, 2.45) is 5.92 Å². The molecule has 0 unspecified atom stereocenters. The van der Waals surface area contributed by atoms with Crippen LogP contribution in [0, 0.1) is 5.92 Å². The standard InChI is InChI=1S/C25H23N3O2/c29-24(26-12-2-3-16-6-7-16)19-9-10-22-17(13-19)4-1-5-21(22)18-8-11-23-20(14-18)15-27-28-25(23)30/h1,4-5,8-11,13-16H,2-3,6-7,12H2,(H,26,29)(H,28,30). The molecule has 30 heavy (non-hydrogen) atoms. The van der Waals surface area contributed by atoms with Crippen LogP contribution in [0.3, 0.4) is 0 Å². The van der Waals surface area contributed by atoms with Crippen LogP contribution in [0.15, 0.2) is 65.6 Å². The number of H-pyrrole nitrogens is 1. The van der Waals surface area contributed by atoms with Crippen molar-refractivity contribution in [1.29, 1.82) is 0 Å². The molecule has 150 valence electrons. The second-order valence-electron chi connectivity index (χ2n) is 8.08. The molecule has 1 fully saturated rings. The molecule has 3 aromatic carbocycles. The monoisotopic (exact) mass is 397 g/mol. The molecule has 0 radical (unpaired) electrons. The fourth-order valence-corrected chi connectivity index (χ4v) is 4.04. The molecule has 0 saturated heterocycles. The third-order valence-corrected chi connectivity index (χ3v) is 5.89. The lowest BCUT2D eigenvalue weighted by molar-refractivity contribution is 0.0953. The summed E-state index contributed by atoms with van der Waals surface area (Å²) in [6, 6.07) is 17.7. The number of hydrogen-bond donors (Lipinski definition) is 2. The van der Waals surface area contributed by atoms with Gasteiger partial charge in [0.25, 0.3) is 11.5 Å². The van der Waals surface area contributed by atoms with Gasteiger partial charge >= 0.3 is 0 Å². The zero-order valence-electron chi connectivity index (χ0n) is 16.7. The minimum absolute atomic E-state index is 0.0193. The quantitative estimate of drug-likeness (QED) is 0.465. The third-order valence-electron chi connectivity index (χ3n) is 5.89. The molecule has 2 N–H and O–H groups in total. The summed E-state index contributed by atoms with van der Waals surface area (Å²) in [5.74, 6) is 0.874. The maximum atomic E-state index is 12.5. The molecule has 4 aromatic rings. The van der Waals surface area contributed by atoms with Crippen LogP contribution in [0.25, 0.3) is 32.7 Å². The lowest BCUT2D eigenvalue weighted by Crippen LogP contribution is -2.24. The number of aromatic amines is 1. The van der Waals surface area contributed by atoms with E-state index in [0.29, 0.717) is 10.9 Å². The van der Waals surface area contributed by atoms with Gasteiger partial charge in [0.05, 0.1) is 11.6 Å². The first-order valence-corrected chi connectivity index (χ1v) is 10.5. The Morgan fingerprint density at radius 2 is 1.90 bits per heavy atom. The van der Waals surface area contributed by atoms with E-state index in [2.05, 4.69) is 21.6 Å². The van der Waals surface area contributed by atoms with Gasteiger partial charge in [0.1, 0.15) is 0 Å². The number of carbonyl (C=O) groups excluding carboxylic acids is 1. The zero-order chi connectivity index (χ0) is 20.5. The minimum atomic E-state index is -0.190. The molecular weight excluding hydrogens is 374 g/mol. The molecule has 5 rings (SSSR count). The molecule has 5 nitrogen and oxygen atoms in total. The Morgan fingerprint density at radius 1 is 1.03 bits per heavy atom. The minimum Gasteiger partial charge on any atom is -0.352 e. The fraction of sp³-hybridized carbons (Fsp3) is 0.240. The highest BCUT2D eigenvalue weighted by Crippen LogP contribution is 2.33. The zero-order valence-corrected chi connectivity index (χ0v) is 16.7. The predicted octanol–water partition coefficient (Wildman–Crippen LogP) is 4.66. The molecule has 0 atom stereocenters. The van der Waals surface area contributed by atoms with E-state index in [-0.39, 0.29) is 11.5 Å². The van der Waals surface area contributed by atoms with E-state index in [1.54, 1.807) is 6.20 Å². The average Bonchev–Trinajstić information content (AvgIpc) is 3.60. The number of rotatable bonds is 6. The number of nitrogens with zero attached hydrogens (tertiary/aromatic N) is 1. The summed E-state index contributed by atoms with van der Waals surface area (Å²) in [6.45, 7) is 0.734. The first-order chi connectivity index (χ1) is 14.7. The number of hydrogen-bond acceptors (Lipinski definition) is 3. The molecule has 5 heteroatoms. The van der Waals surface area contributed by atoms with Crippen molar-refractivity contribution in [3.63, 3.8) is 0 Å². The van der Waals surface area contributed by atoms with Crippen LogP contribution in [0.2, 0.25) is 0 Å². The van der Waals surface area contributed by atoms with E-state index in [9.17, 15) is 9.59 Å². The summed E-state index contributed by atoms with van der Waals surface area (Å²) in [7, 11) is 0. The summed E-state index contributed by atoms with van der Waals surface area (Å²) in [6.07, 6.45) is 6.63. The third kappa shape index (κ3) is 3.71. The van der Waals surface area contributed by atoms with Crippen molar-refractivity contribution in [3.8, 4) is 11.1 Å². The highest BCUT2D eigenvalue weighted by molar-refractivity contribution is 6.03. The van der Waals surface area contributed by atoms with Crippen molar-refractivity contribution < 1.29 is 4.79 Å². The Morgan fingerprint density at radius 3 is 2.77 bits per heavy atom. The summed E-state index contributed by atoms with van der Waals surface area (Å²) in [5, 5.41) is 12.9. The van der Waals surface area contributed by atoms with Crippen LogP contribution in [0.4, 0.5) is 0 Å². The largest absolute Gasteiger partial charge is 0.352 e. The second-order valence-corrected chi connectivity index (χ2v) is 8.08. The molecule has 0 bridgehead atoms. The van der Waals surface area contributed by atoms with Gasteiger partial charge in [0.2, 0.25) is 0 Å². The average molecular weight is 397 g/mol. The molecule has 1 heterocycles. The Hall–Kier alpha value is -3.47. The number of fused-ring (bicyclic) bond motifs is 2.